The van der Waals surface area contributed by atoms with Gasteiger partial charge in [0.1, 0.15) is 5.82 Å². The Morgan fingerprint density at radius 1 is 1.37 bits per heavy atom. The van der Waals surface area contributed by atoms with Gasteiger partial charge in [-0.05, 0) is 57.0 Å². The van der Waals surface area contributed by atoms with E-state index in [0.717, 1.165) is 26.1 Å². The lowest BCUT2D eigenvalue weighted by Crippen LogP contribution is -2.42. The van der Waals surface area contributed by atoms with Crippen LogP contribution in [-0.4, -0.2) is 36.6 Å². The molecular weight excluding hydrogens is 239 g/mol. The van der Waals surface area contributed by atoms with Crippen LogP contribution >= 0.6 is 0 Å². The summed E-state index contributed by atoms with van der Waals surface area (Å²) in [6.45, 7) is 7.93. The molecule has 1 fully saturated rings. The molecule has 2 nitrogen and oxygen atoms in total. The van der Waals surface area contributed by atoms with Crippen molar-refractivity contribution >= 4 is 0 Å². The molecule has 1 aliphatic heterocycles. The Morgan fingerprint density at radius 3 is 2.79 bits per heavy atom. The van der Waals surface area contributed by atoms with E-state index in [0.29, 0.717) is 12.1 Å². The Morgan fingerprint density at radius 2 is 2.11 bits per heavy atom. The molecule has 0 amide bonds. The minimum absolute atomic E-state index is 0.151. The van der Waals surface area contributed by atoms with Gasteiger partial charge in [0.25, 0.3) is 0 Å². The molecule has 2 unspecified atom stereocenters. The summed E-state index contributed by atoms with van der Waals surface area (Å²) < 4.78 is 12.9. The van der Waals surface area contributed by atoms with Crippen LogP contribution < -0.4 is 5.32 Å². The highest BCUT2D eigenvalue weighted by Crippen LogP contribution is 2.13. The summed E-state index contributed by atoms with van der Waals surface area (Å²) in [4.78, 5) is 2.57. The number of nitrogens with one attached hydrogen (secondary N) is 1. The molecule has 0 spiro atoms. The lowest BCUT2D eigenvalue weighted by atomic mass is 10.0. The molecule has 1 heterocycles. The van der Waals surface area contributed by atoms with E-state index in [1.165, 1.54) is 18.4 Å². The van der Waals surface area contributed by atoms with Crippen molar-refractivity contribution in [2.45, 2.75) is 45.2 Å². The Kier molecular flexibility index (Phi) is 5.34. The first-order chi connectivity index (χ1) is 9.19. The van der Waals surface area contributed by atoms with Crippen LogP contribution in [-0.2, 0) is 6.42 Å². The third-order valence-corrected chi connectivity index (χ3v) is 4.07. The summed E-state index contributed by atoms with van der Waals surface area (Å²) in [6, 6.07) is 8.04. The minimum Gasteiger partial charge on any atom is -0.313 e. The van der Waals surface area contributed by atoms with E-state index in [-0.39, 0.29) is 5.82 Å². The van der Waals surface area contributed by atoms with E-state index in [4.69, 9.17) is 0 Å². The van der Waals surface area contributed by atoms with Crippen molar-refractivity contribution in [3.8, 4) is 0 Å². The SMILES string of the molecule is CCC1CN(C(C)Cc2ccc(F)cc2)CCCN1. The quantitative estimate of drug-likeness (QED) is 0.899. The molecule has 1 saturated heterocycles. The van der Waals surface area contributed by atoms with Crippen molar-refractivity contribution in [3.05, 3.63) is 35.6 Å². The molecule has 1 aromatic carbocycles. The third-order valence-electron chi connectivity index (χ3n) is 4.07. The van der Waals surface area contributed by atoms with Gasteiger partial charge in [-0.25, -0.2) is 4.39 Å². The van der Waals surface area contributed by atoms with Crippen LogP contribution in [0.5, 0.6) is 0 Å². The predicted molar refractivity (Wildman–Crippen MR) is 77.8 cm³/mol. The highest BCUT2D eigenvalue weighted by Gasteiger charge is 2.20. The molecule has 0 saturated carbocycles. The van der Waals surface area contributed by atoms with Gasteiger partial charge in [-0.1, -0.05) is 19.1 Å². The van der Waals surface area contributed by atoms with Crippen LogP contribution in [0.3, 0.4) is 0 Å². The number of hydrogen-bond acceptors (Lipinski definition) is 2. The van der Waals surface area contributed by atoms with E-state index < -0.39 is 0 Å². The van der Waals surface area contributed by atoms with Gasteiger partial charge in [-0.15, -0.1) is 0 Å². The zero-order chi connectivity index (χ0) is 13.7. The summed E-state index contributed by atoms with van der Waals surface area (Å²) in [5.41, 5.74) is 1.22. The fourth-order valence-electron chi connectivity index (χ4n) is 2.79. The van der Waals surface area contributed by atoms with Crippen molar-refractivity contribution < 1.29 is 4.39 Å². The van der Waals surface area contributed by atoms with Gasteiger partial charge in [0, 0.05) is 18.6 Å². The van der Waals surface area contributed by atoms with E-state index >= 15 is 0 Å². The Labute approximate surface area is 116 Å². The van der Waals surface area contributed by atoms with E-state index in [1.54, 1.807) is 12.1 Å². The van der Waals surface area contributed by atoms with Crippen LogP contribution in [0.2, 0.25) is 0 Å². The largest absolute Gasteiger partial charge is 0.313 e. The molecule has 2 rings (SSSR count). The molecule has 1 N–H and O–H groups in total. The number of halogens is 1. The van der Waals surface area contributed by atoms with Gasteiger partial charge in [-0.2, -0.15) is 0 Å². The number of hydrogen-bond donors (Lipinski definition) is 1. The summed E-state index contributed by atoms with van der Waals surface area (Å²) >= 11 is 0. The molecule has 2 atom stereocenters. The second-order valence-electron chi connectivity index (χ2n) is 5.59. The van der Waals surface area contributed by atoms with E-state index in [2.05, 4.69) is 24.1 Å². The standard InChI is InChI=1S/C16H25FN2/c1-3-16-12-19(10-4-9-18-16)13(2)11-14-5-7-15(17)8-6-14/h5-8,13,16,18H,3-4,9-12H2,1-2H3. The number of benzene rings is 1. The summed E-state index contributed by atoms with van der Waals surface area (Å²) in [6.07, 6.45) is 3.39. The number of nitrogens with zero attached hydrogens (tertiary/aromatic N) is 1. The maximum Gasteiger partial charge on any atom is 0.123 e. The normalized spacial score (nSPS) is 23.0. The molecule has 0 aromatic heterocycles. The van der Waals surface area contributed by atoms with Gasteiger partial charge < -0.3 is 5.32 Å². The van der Waals surface area contributed by atoms with E-state index in [1.807, 2.05) is 12.1 Å². The van der Waals surface area contributed by atoms with E-state index in [9.17, 15) is 4.39 Å². The van der Waals surface area contributed by atoms with Gasteiger partial charge in [-0.3, -0.25) is 4.90 Å². The predicted octanol–water partition coefficient (Wildman–Crippen LogP) is 2.83. The smallest absolute Gasteiger partial charge is 0.123 e. The molecule has 1 aliphatic rings. The van der Waals surface area contributed by atoms with Gasteiger partial charge in [0.2, 0.25) is 0 Å². The summed E-state index contributed by atoms with van der Waals surface area (Å²) in [5.74, 6) is -0.151. The third kappa shape index (κ3) is 4.29. The molecule has 0 aliphatic carbocycles. The second-order valence-corrected chi connectivity index (χ2v) is 5.59. The molecular formula is C16H25FN2. The molecule has 106 valence electrons. The van der Waals surface area contributed by atoms with Crippen molar-refractivity contribution in [3.63, 3.8) is 0 Å². The zero-order valence-corrected chi connectivity index (χ0v) is 12.0. The second kappa shape index (κ2) is 7.01. The fraction of sp³-hybridized carbons (Fsp3) is 0.625. The Balaban J connectivity index is 1.94. The van der Waals surface area contributed by atoms with Crippen LogP contribution in [0.4, 0.5) is 4.39 Å². The van der Waals surface area contributed by atoms with Crippen LogP contribution in [0.1, 0.15) is 32.3 Å². The lowest BCUT2D eigenvalue weighted by Gasteiger charge is -2.30. The Hall–Kier alpha value is -0.930. The zero-order valence-electron chi connectivity index (χ0n) is 12.0. The van der Waals surface area contributed by atoms with Crippen molar-refractivity contribution in [2.24, 2.45) is 0 Å². The fourth-order valence-corrected chi connectivity index (χ4v) is 2.79. The molecule has 0 radical (unpaired) electrons. The first kappa shape index (κ1) is 14.5. The summed E-state index contributed by atoms with van der Waals surface area (Å²) in [5, 5.41) is 3.60. The first-order valence-electron chi connectivity index (χ1n) is 7.41. The van der Waals surface area contributed by atoms with Crippen LogP contribution in [0, 0.1) is 5.82 Å². The van der Waals surface area contributed by atoms with Crippen molar-refractivity contribution in [2.75, 3.05) is 19.6 Å². The van der Waals surface area contributed by atoms with Crippen molar-refractivity contribution in [1.82, 2.24) is 10.2 Å². The van der Waals surface area contributed by atoms with Crippen LogP contribution in [0.25, 0.3) is 0 Å². The average Bonchev–Trinajstić information content (AvgIpc) is 2.67. The van der Waals surface area contributed by atoms with Crippen LogP contribution in [0.15, 0.2) is 24.3 Å². The molecule has 1 aromatic rings. The van der Waals surface area contributed by atoms with Gasteiger partial charge in [0.15, 0.2) is 0 Å². The Bertz CT molecular complexity index is 377. The molecule has 19 heavy (non-hydrogen) atoms. The average molecular weight is 264 g/mol. The maximum absolute atomic E-state index is 12.9. The highest BCUT2D eigenvalue weighted by atomic mass is 19.1. The topological polar surface area (TPSA) is 15.3 Å². The van der Waals surface area contributed by atoms with Gasteiger partial charge in [0.05, 0.1) is 0 Å². The minimum atomic E-state index is -0.151. The molecule has 0 bridgehead atoms. The van der Waals surface area contributed by atoms with Crippen molar-refractivity contribution in [1.29, 1.82) is 0 Å². The lowest BCUT2D eigenvalue weighted by molar-refractivity contribution is 0.202. The monoisotopic (exact) mass is 264 g/mol. The van der Waals surface area contributed by atoms with Gasteiger partial charge >= 0.3 is 0 Å². The highest BCUT2D eigenvalue weighted by molar-refractivity contribution is 5.17. The molecule has 3 heteroatoms. The summed E-state index contributed by atoms with van der Waals surface area (Å²) in [7, 11) is 0. The first-order valence-corrected chi connectivity index (χ1v) is 7.41. The number of rotatable bonds is 4. The maximum atomic E-state index is 12.9.